The molecule has 0 aliphatic carbocycles. The van der Waals surface area contributed by atoms with E-state index in [-0.39, 0.29) is 11.6 Å². The van der Waals surface area contributed by atoms with Gasteiger partial charge in [-0.1, -0.05) is 0 Å². The van der Waals surface area contributed by atoms with E-state index in [1.54, 1.807) is 4.52 Å². The minimum atomic E-state index is -0.388. The molecule has 0 aromatic carbocycles. The molecule has 7 heteroatoms. The van der Waals surface area contributed by atoms with E-state index in [2.05, 4.69) is 31.5 Å². The predicted molar refractivity (Wildman–Crippen MR) is 89.8 cm³/mol. The number of nitrogens with zero attached hydrogens (tertiary/aromatic N) is 5. The molecule has 1 N–H and O–H groups in total. The van der Waals surface area contributed by atoms with Crippen LogP contribution in [0.15, 0.2) is 16.3 Å². The Morgan fingerprint density at radius 2 is 2.08 bits per heavy atom. The Labute approximate surface area is 140 Å². The lowest BCUT2D eigenvalue weighted by molar-refractivity contribution is 0.0952. The highest BCUT2D eigenvalue weighted by atomic mass is 16.1. The second-order valence-electron chi connectivity index (χ2n) is 6.13. The van der Waals surface area contributed by atoms with Crippen LogP contribution in [-0.2, 0) is 0 Å². The molecule has 1 amide bonds. The summed E-state index contributed by atoms with van der Waals surface area (Å²) in [5.74, 6) is 2.42. The van der Waals surface area contributed by atoms with E-state index in [0.717, 1.165) is 17.8 Å². The molecule has 0 radical (unpaired) electrons. The van der Waals surface area contributed by atoms with Crippen molar-refractivity contribution in [3.8, 4) is 12.3 Å². The Bertz CT molecular complexity index is 867. The standard InChI is InChI=1S/C17H20N6O/c1-5-6-7-17(21-22-17)8-9-18-16(24)14-13(4)20-23-12(3)10-11(2)19-15(14)23/h1,10H,6-9H2,2-4H3,(H,18,24). The summed E-state index contributed by atoms with van der Waals surface area (Å²) in [5.41, 5.74) is 3.19. The number of fused-ring (bicyclic) bond motifs is 1. The third-order valence-corrected chi connectivity index (χ3v) is 4.16. The van der Waals surface area contributed by atoms with Crippen LogP contribution in [0.4, 0.5) is 0 Å². The number of carbonyl (C=O) groups is 1. The summed E-state index contributed by atoms with van der Waals surface area (Å²) in [6.45, 7) is 6.15. The molecule has 0 spiro atoms. The molecule has 1 aliphatic heterocycles. The lowest BCUT2D eigenvalue weighted by atomic mass is 10.0. The summed E-state index contributed by atoms with van der Waals surface area (Å²) in [6, 6.07) is 1.94. The summed E-state index contributed by atoms with van der Waals surface area (Å²) >= 11 is 0. The highest BCUT2D eigenvalue weighted by Crippen LogP contribution is 2.36. The van der Waals surface area contributed by atoms with Gasteiger partial charge in [-0.15, -0.1) is 12.3 Å². The number of hydrogen-bond acceptors (Lipinski definition) is 5. The van der Waals surface area contributed by atoms with E-state index in [1.807, 2.05) is 26.8 Å². The van der Waals surface area contributed by atoms with E-state index in [0.29, 0.717) is 36.3 Å². The topological polar surface area (TPSA) is 84.0 Å². The molecule has 0 unspecified atom stereocenters. The molecule has 7 nitrogen and oxygen atoms in total. The molecule has 2 aromatic heterocycles. The van der Waals surface area contributed by atoms with Gasteiger partial charge in [0.2, 0.25) is 0 Å². The van der Waals surface area contributed by atoms with Crippen molar-refractivity contribution in [2.75, 3.05) is 6.54 Å². The molecule has 0 saturated carbocycles. The van der Waals surface area contributed by atoms with Crippen LogP contribution in [0.25, 0.3) is 5.65 Å². The van der Waals surface area contributed by atoms with Crippen LogP contribution < -0.4 is 5.32 Å². The van der Waals surface area contributed by atoms with Crippen molar-refractivity contribution in [2.24, 2.45) is 10.2 Å². The first-order valence-electron chi connectivity index (χ1n) is 7.95. The Kier molecular flexibility index (Phi) is 4.06. The second-order valence-corrected chi connectivity index (χ2v) is 6.13. The number of aromatic nitrogens is 3. The van der Waals surface area contributed by atoms with E-state index in [1.165, 1.54) is 0 Å². The predicted octanol–water partition coefficient (Wildman–Crippen LogP) is 2.35. The fourth-order valence-electron chi connectivity index (χ4n) is 2.83. The van der Waals surface area contributed by atoms with Gasteiger partial charge >= 0.3 is 0 Å². The molecular weight excluding hydrogens is 304 g/mol. The van der Waals surface area contributed by atoms with Gasteiger partial charge in [0, 0.05) is 37.2 Å². The van der Waals surface area contributed by atoms with Crippen molar-refractivity contribution in [1.82, 2.24) is 19.9 Å². The van der Waals surface area contributed by atoms with Gasteiger partial charge in [0.05, 0.1) is 5.69 Å². The zero-order valence-corrected chi connectivity index (χ0v) is 14.1. The smallest absolute Gasteiger partial charge is 0.257 e. The second kappa shape index (κ2) is 6.04. The lowest BCUT2D eigenvalue weighted by Crippen LogP contribution is -2.28. The van der Waals surface area contributed by atoms with Crippen molar-refractivity contribution >= 4 is 11.6 Å². The summed E-state index contributed by atoms with van der Waals surface area (Å²) in [5, 5.41) is 15.5. The molecular formula is C17H20N6O. The first-order valence-corrected chi connectivity index (χ1v) is 7.95. The summed E-state index contributed by atoms with van der Waals surface area (Å²) in [7, 11) is 0. The zero-order valence-electron chi connectivity index (χ0n) is 14.1. The molecule has 1 aliphatic rings. The fourth-order valence-corrected chi connectivity index (χ4v) is 2.83. The maximum atomic E-state index is 12.6. The summed E-state index contributed by atoms with van der Waals surface area (Å²) in [4.78, 5) is 17.1. The first kappa shape index (κ1) is 16.1. The average molecular weight is 324 g/mol. The molecule has 2 aromatic rings. The molecule has 3 heterocycles. The van der Waals surface area contributed by atoms with Crippen molar-refractivity contribution in [1.29, 1.82) is 0 Å². The quantitative estimate of drug-likeness (QED) is 0.828. The summed E-state index contributed by atoms with van der Waals surface area (Å²) < 4.78 is 1.71. The van der Waals surface area contributed by atoms with Crippen LogP contribution in [0.1, 0.15) is 46.7 Å². The number of terminal acetylenes is 1. The Balaban J connectivity index is 1.71. The maximum Gasteiger partial charge on any atom is 0.257 e. The SMILES string of the molecule is C#CCCC1(CCNC(=O)c2c(C)nn3c(C)cc(C)nc23)N=N1. The molecule has 0 saturated heterocycles. The van der Waals surface area contributed by atoms with Crippen molar-refractivity contribution < 1.29 is 4.79 Å². The average Bonchev–Trinajstić information content (AvgIpc) is 3.21. The number of aryl methyl sites for hydroxylation is 3. The zero-order chi connectivity index (χ0) is 17.3. The van der Waals surface area contributed by atoms with Gasteiger partial charge < -0.3 is 5.32 Å². The van der Waals surface area contributed by atoms with Gasteiger partial charge in [-0.05, 0) is 26.8 Å². The van der Waals surface area contributed by atoms with E-state index < -0.39 is 0 Å². The lowest BCUT2D eigenvalue weighted by Gasteiger charge is -2.09. The Hall–Kier alpha value is -2.75. The van der Waals surface area contributed by atoms with Crippen LogP contribution in [0.3, 0.4) is 0 Å². The third kappa shape index (κ3) is 3.00. The number of rotatable bonds is 6. The van der Waals surface area contributed by atoms with Gasteiger partial charge in [0.15, 0.2) is 11.3 Å². The highest BCUT2D eigenvalue weighted by Gasteiger charge is 2.38. The van der Waals surface area contributed by atoms with Crippen LogP contribution >= 0.6 is 0 Å². The monoisotopic (exact) mass is 324 g/mol. The Morgan fingerprint density at radius 1 is 1.33 bits per heavy atom. The van der Waals surface area contributed by atoms with Gasteiger partial charge in [0.25, 0.3) is 5.91 Å². The van der Waals surface area contributed by atoms with Gasteiger partial charge in [-0.25, -0.2) is 9.50 Å². The molecule has 124 valence electrons. The number of nitrogens with one attached hydrogen (secondary N) is 1. The number of amides is 1. The fraction of sp³-hybridized carbons (Fsp3) is 0.471. The van der Waals surface area contributed by atoms with E-state index >= 15 is 0 Å². The van der Waals surface area contributed by atoms with E-state index in [9.17, 15) is 4.79 Å². The van der Waals surface area contributed by atoms with Crippen molar-refractivity contribution in [3.63, 3.8) is 0 Å². The third-order valence-electron chi connectivity index (χ3n) is 4.16. The van der Waals surface area contributed by atoms with Gasteiger partial charge in [-0.2, -0.15) is 15.3 Å². The van der Waals surface area contributed by atoms with Crippen molar-refractivity contribution in [3.05, 3.63) is 28.7 Å². The minimum absolute atomic E-state index is 0.173. The van der Waals surface area contributed by atoms with Crippen LogP contribution in [0.5, 0.6) is 0 Å². The molecule has 0 bridgehead atoms. The first-order chi connectivity index (χ1) is 11.5. The van der Waals surface area contributed by atoms with Gasteiger partial charge in [-0.3, -0.25) is 4.79 Å². The van der Waals surface area contributed by atoms with Gasteiger partial charge in [0.1, 0.15) is 5.56 Å². The molecule has 0 atom stereocenters. The molecule has 24 heavy (non-hydrogen) atoms. The highest BCUT2D eigenvalue weighted by molar-refractivity contribution is 6.01. The maximum absolute atomic E-state index is 12.6. The molecule has 3 rings (SSSR count). The largest absolute Gasteiger partial charge is 0.352 e. The van der Waals surface area contributed by atoms with Crippen molar-refractivity contribution in [2.45, 2.75) is 45.7 Å². The summed E-state index contributed by atoms with van der Waals surface area (Å²) in [6.07, 6.45) is 7.30. The Morgan fingerprint density at radius 3 is 2.75 bits per heavy atom. The molecule has 0 fully saturated rings. The van der Waals surface area contributed by atoms with Crippen LogP contribution in [0, 0.1) is 33.1 Å². The minimum Gasteiger partial charge on any atom is -0.352 e. The number of hydrogen-bond donors (Lipinski definition) is 1. The van der Waals surface area contributed by atoms with Crippen LogP contribution in [-0.4, -0.2) is 32.7 Å². The number of carbonyl (C=O) groups excluding carboxylic acids is 1. The van der Waals surface area contributed by atoms with E-state index in [4.69, 9.17) is 6.42 Å². The van der Waals surface area contributed by atoms with Crippen LogP contribution in [0.2, 0.25) is 0 Å². The normalized spacial score (nSPS) is 14.6.